The number of benzene rings is 1. The molecule has 1 spiro atoms. The Bertz CT molecular complexity index is 747. The van der Waals surface area contributed by atoms with Crippen molar-refractivity contribution in [3.05, 3.63) is 53.6 Å². The van der Waals surface area contributed by atoms with Crippen LogP contribution in [-0.4, -0.2) is 17.6 Å². The lowest BCUT2D eigenvalue weighted by Crippen LogP contribution is -2.32. The summed E-state index contributed by atoms with van der Waals surface area (Å²) in [5.74, 6) is 0.131. The number of hydrogen-bond acceptors (Lipinski definition) is 5. The van der Waals surface area contributed by atoms with Crippen molar-refractivity contribution in [2.75, 3.05) is 6.61 Å². The van der Waals surface area contributed by atoms with Crippen molar-refractivity contribution in [3.63, 3.8) is 0 Å². The minimum absolute atomic E-state index is 0.0683. The summed E-state index contributed by atoms with van der Waals surface area (Å²) >= 11 is 0. The van der Waals surface area contributed by atoms with Crippen LogP contribution < -0.4 is 10.5 Å². The summed E-state index contributed by atoms with van der Waals surface area (Å²) in [4.78, 5) is 8.61. The number of halogens is 1. The Morgan fingerprint density at radius 1 is 1.25 bits per heavy atom. The fraction of sp³-hybridized carbons (Fsp3) is 0.143. The first-order valence-electron chi connectivity index (χ1n) is 6.11. The van der Waals surface area contributed by atoms with Crippen LogP contribution in [0.25, 0.3) is 0 Å². The zero-order valence-corrected chi connectivity index (χ0v) is 10.3. The highest BCUT2D eigenvalue weighted by Crippen LogP contribution is 2.50. The molecule has 2 aromatic rings. The molecular formula is C14H10FN3O2. The topological polar surface area (TPSA) is 69.7 Å². The lowest BCUT2D eigenvalue weighted by Gasteiger charge is -2.32. The summed E-state index contributed by atoms with van der Waals surface area (Å²) < 4.78 is 24.9. The van der Waals surface area contributed by atoms with Crippen molar-refractivity contribution in [1.29, 1.82) is 0 Å². The molecule has 1 aromatic heterocycles. The van der Waals surface area contributed by atoms with Crippen molar-refractivity contribution >= 4 is 6.02 Å². The predicted octanol–water partition coefficient (Wildman–Crippen LogP) is 1.91. The highest BCUT2D eigenvalue weighted by molar-refractivity contribution is 5.76. The van der Waals surface area contributed by atoms with Gasteiger partial charge in [0.15, 0.2) is 17.1 Å². The molecule has 100 valence electrons. The van der Waals surface area contributed by atoms with Crippen LogP contribution in [0.3, 0.4) is 0 Å². The van der Waals surface area contributed by atoms with E-state index in [2.05, 4.69) is 9.98 Å². The number of rotatable bonds is 0. The van der Waals surface area contributed by atoms with E-state index in [0.29, 0.717) is 11.4 Å². The molecule has 1 aromatic carbocycles. The zero-order chi connectivity index (χ0) is 13.7. The number of hydrogen-bond donors (Lipinski definition) is 1. The first-order chi connectivity index (χ1) is 9.71. The van der Waals surface area contributed by atoms with Gasteiger partial charge in [0.2, 0.25) is 0 Å². The average Bonchev–Trinajstić information content (AvgIpc) is 2.84. The van der Waals surface area contributed by atoms with E-state index in [1.807, 2.05) is 18.2 Å². The Hall–Kier alpha value is -2.63. The van der Waals surface area contributed by atoms with E-state index in [1.165, 1.54) is 12.3 Å². The van der Waals surface area contributed by atoms with Gasteiger partial charge in [0.1, 0.15) is 18.1 Å². The van der Waals surface area contributed by atoms with Crippen LogP contribution in [-0.2, 0) is 10.3 Å². The van der Waals surface area contributed by atoms with Gasteiger partial charge in [-0.25, -0.2) is 9.38 Å². The van der Waals surface area contributed by atoms with Gasteiger partial charge in [-0.15, -0.1) is 0 Å². The number of aromatic nitrogens is 1. The number of amidine groups is 1. The molecule has 2 aliphatic rings. The molecule has 0 bridgehead atoms. The fourth-order valence-corrected chi connectivity index (χ4v) is 2.64. The van der Waals surface area contributed by atoms with E-state index in [1.54, 1.807) is 6.07 Å². The molecule has 3 heterocycles. The second kappa shape index (κ2) is 3.69. The number of fused-ring (bicyclic) bond motifs is 4. The van der Waals surface area contributed by atoms with Gasteiger partial charge in [-0.2, -0.15) is 0 Å². The van der Waals surface area contributed by atoms with Gasteiger partial charge in [0.05, 0.1) is 0 Å². The lowest BCUT2D eigenvalue weighted by atomic mass is 9.85. The van der Waals surface area contributed by atoms with Gasteiger partial charge in [-0.3, -0.25) is 4.98 Å². The molecule has 0 saturated heterocycles. The van der Waals surface area contributed by atoms with Crippen LogP contribution in [0.4, 0.5) is 4.39 Å². The summed E-state index contributed by atoms with van der Waals surface area (Å²) in [6, 6.07) is 8.61. The van der Waals surface area contributed by atoms with Gasteiger partial charge in [-0.1, -0.05) is 18.2 Å². The third-order valence-electron chi connectivity index (χ3n) is 3.52. The Morgan fingerprint density at radius 3 is 2.90 bits per heavy atom. The molecule has 20 heavy (non-hydrogen) atoms. The van der Waals surface area contributed by atoms with Crippen LogP contribution in [0, 0.1) is 5.82 Å². The van der Waals surface area contributed by atoms with Crippen LogP contribution in [0.15, 0.2) is 41.5 Å². The Morgan fingerprint density at radius 2 is 2.10 bits per heavy atom. The minimum atomic E-state index is -0.934. The van der Waals surface area contributed by atoms with Crippen LogP contribution in [0.2, 0.25) is 0 Å². The first kappa shape index (κ1) is 11.2. The molecule has 1 atom stereocenters. The molecule has 6 heteroatoms. The predicted molar refractivity (Wildman–Crippen MR) is 69.1 cm³/mol. The van der Waals surface area contributed by atoms with Crippen molar-refractivity contribution in [2.24, 2.45) is 10.7 Å². The largest absolute Gasteiger partial charge is 0.462 e. The van der Waals surface area contributed by atoms with Crippen LogP contribution in [0.5, 0.6) is 11.5 Å². The van der Waals surface area contributed by atoms with Gasteiger partial charge >= 0.3 is 0 Å². The summed E-state index contributed by atoms with van der Waals surface area (Å²) in [6.45, 7) is 0.183. The van der Waals surface area contributed by atoms with E-state index >= 15 is 0 Å². The van der Waals surface area contributed by atoms with E-state index in [4.69, 9.17) is 15.2 Å². The molecule has 2 aliphatic heterocycles. The van der Waals surface area contributed by atoms with Gasteiger partial charge in [-0.05, 0) is 12.1 Å². The third kappa shape index (κ3) is 1.30. The Labute approximate surface area is 113 Å². The van der Waals surface area contributed by atoms with E-state index < -0.39 is 11.4 Å². The second-order valence-electron chi connectivity index (χ2n) is 4.67. The Kier molecular flexibility index (Phi) is 2.07. The zero-order valence-electron chi connectivity index (χ0n) is 10.3. The minimum Gasteiger partial charge on any atom is -0.462 e. The second-order valence-corrected chi connectivity index (χ2v) is 4.67. The van der Waals surface area contributed by atoms with E-state index in [0.717, 1.165) is 5.56 Å². The van der Waals surface area contributed by atoms with E-state index in [9.17, 15) is 4.39 Å². The highest BCUT2D eigenvalue weighted by atomic mass is 19.1. The van der Waals surface area contributed by atoms with Crippen molar-refractivity contribution in [3.8, 4) is 11.5 Å². The molecule has 0 amide bonds. The number of pyridine rings is 1. The maximum atomic E-state index is 14.0. The number of para-hydroxylation sites is 1. The smallest absolute Gasteiger partial charge is 0.283 e. The molecule has 0 aliphatic carbocycles. The van der Waals surface area contributed by atoms with E-state index in [-0.39, 0.29) is 18.4 Å². The summed E-state index contributed by atoms with van der Waals surface area (Å²) in [5, 5.41) is 0. The quantitative estimate of drug-likeness (QED) is 0.794. The van der Waals surface area contributed by atoms with Gasteiger partial charge < -0.3 is 15.2 Å². The van der Waals surface area contributed by atoms with Crippen molar-refractivity contribution in [1.82, 2.24) is 4.98 Å². The molecule has 0 fully saturated rings. The number of aliphatic imine (C=N–C) groups is 1. The van der Waals surface area contributed by atoms with Gasteiger partial charge in [0, 0.05) is 11.8 Å². The summed E-state index contributed by atoms with van der Waals surface area (Å²) in [6.07, 6.45) is 1.39. The van der Waals surface area contributed by atoms with Crippen LogP contribution >= 0.6 is 0 Å². The highest BCUT2D eigenvalue weighted by Gasteiger charge is 2.48. The maximum absolute atomic E-state index is 14.0. The molecule has 2 N–H and O–H groups in total. The first-order valence-corrected chi connectivity index (χ1v) is 6.11. The van der Waals surface area contributed by atoms with Crippen LogP contribution in [0.1, 0.15) is 11.3 Å². The fourth-order valence-electron chi connectivity index (χ4n) is 2.64. The molecular weight excluding hydrogens is 261 g/mol. The Balaban J connectivity index is 2.07. The normalized spacial score (nSPS) is 22.6. The number of nitrogens with two attached hydrogens (primary N) is 1. The monoisotopic (exact) mass is 271 g/mol. The molecule has 1 unspecified atom stereocenters. The number of nitrogens with zero attached hydrogens (tertiary/aromatic N) is 2. The van der Waals surface area contributed by atoms with Crippen molar-refractivity contribution in [2.45, 2.75) is 5.54 Å². The maximum Gasteiger partial charge on any atom is 0.283 e. The molecule has 5 nitrogen and oxygen atoms in total. The third-order valence-corrected chi connectivity index (χ3v) is 3.52. The molecule has 4 rings (SSSR count). The standard InChI is InChI=1S/C14H10FN3O2/c15-9-5-6-17-12-11(9)20-10-4-2-1-3-8(10)14(12)7-19-13(16)18-14/h1-6H,7H2,(H2,16,18). The van der Waals surface area contributed by atoms with Gasteiger partial charge in [0.25, 0.3) is 6.02 Å². The summed E-state index contributed by atoms with van der Waals surface area (Å²) in [5.41, 5.74) is 5.88. The SMILES string of the molecule is NC1=NC2(CO1)c1ccccc1Oc1c(F)ccnc12. The lowest BCUT2D eigenvalue weighted by molar-refractivity contribution is 0.257. The number of ether oxygens (including phenoxy) is 2. The summed E-state index contributed by atoms with van der Waals surface area (Å²) in [7, 11) is 0. The average molecular weight is 271 g/mol. The molecule has 0 radical (unpaired) electrons. The molecule has 0 saturated carbocycles. The van der Waals surface area contributed by atoms with Crippen molar-refractivity contribution < 1.29 is 13.9 Å².